The topological polar surface area (TPSA) is 66.5 Å². The monoisotopic (exact) mass is 258 g/mol. The van der Waals surface area contributed by atoms with Crippen molar-refractivity contribution in [1.29, 1.82) is 0 Å². The van der Waals surface area contributed by atoms with E-state index in [-0.39, 0.29) is 12.5 Å². The highest BCUT2D eigenvalue weighted by Gasteiger charge is 2.57. The summed E-state index contributed by atoms with van der Waals surface area (Å²) in [5, 5.41) is 2.30. The largest absolute Gasteiger partial charge is 0.331 e. The summed E-state index contributed by atoms with van der Waals surface area (Å²) in [4.78, 5) is 37.2. The lowest BCUT2D eigenvalue weighted by atomic mass is 9.66. The third kappa shape index (κ3) is 1.73. The van der Waals surface area contributed by atoms with E-state index in [1.807, 2.05) is 30.3 Å². The third-order valence-corrected chi connectivity index (χ3v) is 3.95. The van der Waals surface area contributed by atoms with Gasteiger partial charge in [0.05, 0.1) is 6.54 Å². The summed E-state index contributed by atoms with van der Waals surface area (Å²) < 4.78 is 0. The van der Waals surface area contributed by atoms with Crippen LogP contribution in [0.25, 0.3) is 0 Å². The standard InChI is InChI=1S/C14H14N2O3/c17-11-14(7-4-8-14)12(18)16(13(19)15-11)9-10-5-2-1-3-6-10/h1-3,5-6H,4,7-9H2,(H,15,17,19). The van der Waals surface area contributed by atoms with E-state index >= 15 is 0 Å². The molecule has 19 heavy (non-hydrogen) atoms. The quantitative estimate of drug-likeness (QED) is 0.816. The Morgan fingerprint density at radius 3 is 2.37 bits per heavy atom. The molecule has 98 valence electrons. The Hall–Kier alpha value is -2.17. The van der Waals surface area contributed by atoms with Crippen LogP contribution in [0.5, 0.6) is 0 Å². The van der Waals surface area contributed by atoms with Gasteiger partial charge in [-0.25, -0.2) is 4.79 Å². The summed E-state index contributed by atoms with van der Waals surface area (Å²) in [5.74, 6) is -0.783. The molecule has 1 heterocycles. The minimum absolute atomic E-state index is 0.209. The average Bonchev–Trinajstić information content (AvgIpc) is 2.34. The summed E-state index contributed by atoms with van der Waals surface area (Å²) in [5.41, 5.74) is -0.113. The lowest BCUT2D eigenvalue weighted by Gasteiger charge is -2.44. The Morgan fingerprint density at radius 1 is 1.11 bits per heavy atom. The van der Waals surface area contributed by atoms with Crippen molar-refractivity contribution < 1.29 is 14.4 Å². The van der Waals surface area contributed by atoms with E-state index in [2.05, 4.69) is 5.32 Å². The average molecular weight is 258 g/mol. The molecular formula is C14H14N2O3. The number of benzene rings is 1. The van der Waals surface area contributed by atoms with Gasteiger partial charge in [0.15, 0.2) is 0 Å². The number of imide groups is 2. The number of barbiturate groups is 1. The molecule has 1 N–H and O–H groups in total. The van der Waals surface area contributed by atoms with Crippen LogP contribution < -0.4 is 5.32 Å². The van der Waals surface area contributed by atoms with Crippen molar-refractivity contribution in [2.24, 2.45) is 5.41 Å². The number of urea groups is 1. The molecule has 5 nitrogen and oxygen atoms in total. The van der Waals surface area contributed by atoms with Crippen molar-refractivity contribution in [2.45, 2.75) is 25.8 Å². The summed E-state index contributed by atoms with van der Waals surface area (Å²) in [6.45, 7) is 0.209. The van der Waals surface area contributed by atoms with E-state index in [0.717, 1.165) is 16.9 Å². The van der Waals surface area contributed by atoms with Crippen molar-refractivity contribution in [3.05, 3.63) is 35.9 Å². The first-order chi connectivity index (χ1) is 9.13. The van der Waals surface area contributed by atoms with Gasteiger partial charge in [0, 0.05) is 0 Å². The molecule has 1 saturated carbocycles. The van der Waals surface area contributed by atoms with Crippen molar-refractivity contribution in [3.8, 4) is 0 Å². The molecule has 0 aromatic heterocycles. The van der Waals surface area contributed by atoms with E-state index in [9.17, 15) is 14.4 Å². The van der Waals surface area contributed by atoms with Gasteiger partial charge < -0.3 is 0 Å². The van der Waals surface area contributed by atoms with E-state index in [0.29, 0.717) is 12.8 Å². The number of hydrogen-bond donors (Lipinski definition) is 1. The van der Waals surface area contributed by atoms with E-state index in [1.165, 1.54) is 0 Å². The summed E-state index contributed by atoms with van der Waals surface area (Å²) >= 11 is 0. The van der Waals surface area contributed by atoms with Gasteiger partial charge in [0.2, 0.25) is 11.8 Å². The Bertz CT molecular complexity index is 549. The molecule has 0 unspecified atom stereocenters. The van der Waals surface area contributed by atoms with Gasteiger partial charge in [-0.05, 0) is 18.4 Å². The maximum atomic E-state index is 12.4. The predicted octanol–water partition coefficient (Wildman–Crippen LogP) is 1.44. The first kappa shape index (κ1) is 11.9. The molecule has 1 aliphatic carbocycles. The summed E-state index contributed by atoms with van der Waals surface area (Å²) in [6.07, 6.45) is 1.93. The fraction of sp³-hybridized carbons (Fsp3) is 0.357. The van der Waals surface area contributed by atoms with Gasteiger partial charge >= 0.3 is 6.03 Å². The van der Waals surface area contributed by atoms with E-state index < -0.39 is 17.4 Å². The van der Waals surface area contributed by atoms with Crippen LogP contribution in [-0.2, 0) is 16.1 Å². The molecule has 0 atom stereocenters. The van der Waals surface area contributed by atoms with Crippen LogP contribution in [0, 0.1) is 5.41 Å². The molecular weight excluding hydrogens is 244 g/mol. The highest BCUT2D eigenvalue weighted by molar-refractivity contribution is 6.19. The molecule has 0 bridgehead atoms. The van der Waals surface area contributed by atoms with Crippen LogP contribution >= 0.6 is 0 Å². The minimum atomic E-state index is -0.983. The van der Waals surface area contributed by atoms with Crippen LogP contribution in [0.4, 0.5) is 4.79 Å². The zero-order chi connectivity index (χ0) is 13.5. The van der Waals surface area contributed by atoms with Crippen LogP contribution in [0.15, 0.2) is 30.3 Å². The van der Waals surface area contributed by atoms with Crippen LogP contribution in [-0.4, -0.2) is 22.7 Å². The minimum Gasteiger partial charge on any atom is -0.277 e. The number of nitrogens with one attached hydrogen (secondary N) is 1. The highest BCUT2D eigenvalue weighted by atomic mass is 16.2. The molecule has 2 aliphatic rings. The van der Waals surface area contributed by atoms with Gasteiger partial charge in [-0.2, -0.15) is 0 Å². The first-order valence-corrected chi connectivity index (χ1v) is 6.35. The van der Waals surface area contributed by atoms with E-state index in [4.69, 9.17) is 0 Å². The second-order valence-corrected chi connectivity index (χ2v) is 5.07. The molecule has 5 heteroatoms. The number of nitrogens with zero attached hydrogens (tertiary/aromatic N) is 1. The number of hydrogen-bond acceptors (Lipinski definition) is 3. The lowest BCUT2D eigenvalue weighted by molar-refractivity contribution is -0.158. The van der Waals surface area contributed by atoms with E-state index in [1.54, 1.807) is 0 Å². The Labute approximate surface area is 110 Å². The molecule has 1 saturated heterocycles. The maximum absolute atomic E-state index is 12.4. The highest BCUT2D eigenvalue weighted by Crippen LogP contribution is 2.44. The van der Waals surface area contributed by atoms with Crippen LogP contribution in [0.3, 0.4) is 0 Å². The molecule has 0 radical (unpaired) electrons. The van der Waals surface area contributed by atoms with Crippen molar-refractivity contribution in [3.63, 3.8) is 0 Å². The SMILES string of the molecule is O=C1NC(=O)C2(CCC2)C(=O)N1Cc1ccccc1. The fourth-order valence-electron chi connectivity index (χ4n) is 2.61. The normalized spacial score (nSPS) is 21.3. The third-order valence-electron chi connectivity index (χ3n) is 3.95. The van der Waals surface area contributed by atoms with Crippen molar-refractivity contribution in [2.75, 3.05) is 0 Å². The molecule has 1 aliphatic heterocycles. The fourth-order valence-corrected chi connectivity index (χ4v) is 2.61. The van der Waals surface area contributed by atoms with Crippen molar-refractivity contribution >= 4 is 17.8 Å². The van der Waals surface area contributed by atoms with Gasteiger partial charge in [-0.1, -0.05) is 36.8 Å². The number of amides is 4. The number of carbonyl (C=O) groups is 3. The molecule has 1 aromatic rings. The molecule has 1 aromatic carbocycles. The van der Waals surface area contributed by atoms with Gasteiger partial charge in [0.25, 0.3) is 0 Å². The Balaban J connectivity index is 1.86. The second-order valence-electron chi connectivity index (χ2n) is 5.07. The second kappa shape index (κ2) is 4.19. The molecule has 3 rings (SSSR count). The van der Waals surface area contributed by atoms with Gasteiger partial charge in [-0.3, -0.25) is 19.8 Å². The first-order valence-electron chi connectivity index (χ1n) is 6.35. The Morgan fingerprint density at radius 2 is 1.79 bits per heavy atom. The Kier molecular flexibility index (Phi) is 2.62. The molecule has 2 fully saturated rings. The van der Waals surface area contributed by atoms with Crippen LogP contribution in [0.1, 0.15) is 24.8 Å². The zero-order valence-electron chi connectivity index (χ0n) is 10.4. The maximum Gasteiger partial charge on any atom is 0.331 e. The number of carbonyl (C=O) groups excluding carboxylic acids is 3. The molecule has 4 amide bonds. The molecule has 1 spiro atoms. The van der Waals surface area contributed by atoms with Crippen LogP contribution in [0.2, 0.25) is 0 Å². The predicted molar refractivity (Wildman–Crippen MR) is 66.8 cm³/mol. The van der Waals surface area contributed by atoms with Crippen molar-refractivity contribution in [1.82, 2.24) is 10.2 Å². The smallest absolute Gasteiger partial charge is 0.277 e. The lowest BCUT2D eigenvalue weighted by Crippen LogP contribution is -2.65. The summed E-state index contributed by atoms with van der Waals surface area (Å²) in [6, 6.07) is 8.67. The number of rotatable bonds is 2. The van der Waals surface area contributed by atoms with Gasteiger partial charge in [0.1, 0.15) is 5.41 Å². The van der Waals surface area contributed by atoms with Gasteiger partial charge in [-0.15, -0.1) is 0 Å². The zero-order valence-corrected chi connectivity index (χ0v) is 10.4. The summed E-state index contributed by atoms with van der Waals surface area (Å²) in [7, 11) is 0.